The molecule has 0 saturated carbocycles. The van der Waals surface area contributed by atoms with Gasteiger partial charge in [-0.3, -0.25) is 9.59 Å². The first-order valence-electron chi connectivity index (χ1n) is 9.27. The molecule has 0 aliphatic rings. The number of nitrogens with zero attached hydrogens (tertiary/aromatic N) is 2. The van der Waals surface area contributed by atoms with Crippen molar-refractivity contribution in [1.82, 2.24) is 15.3 Å². The van der Waals surface area contributed by atoms with Gasteiger partial charge in [-0.1, -0.05) is 48.5 Å². The summed E-state index contributed by atoms with van der Waals surface area (Å²) in [4.78, 5) is 34.0. The van der Waals surface area contributed by atoms with Gasteiger partial charge in [0, 0.05) is 11.4 Å². The van der Waals surface area contributed by atoms with Crippen LogP contribution >= 0.6 is 35.1 Å². The molecule has 29 heavy (non-hydrogen) atoms. The molecule has 1 aromatic carbocycles. The normalized spacial score (nSPS) is 11.7. The van der Waals surface area contributed by atoms with Crippen molar-refractivity contribution in [3.05, 3.63) is 46.7 Å². The Morgan fingerprint density at radius 2 is 2.00 bits per heavy atom. The molecule has 6 nitrogen and oxygen atoms in total. The highest BCUT2D eigenvalue weighted by Gasteiger charge is 2.24. The van der Waals surface area contributed by atoms with E-state index in [2.05, 4.69) is 27.5 Å². The Labute approximate surface area is 185 Å². The van der Waals surface area contributed by atoms with Crippen molar-refractivity contribution in [2.75, 3.05) is 23.1 Å². The highest BCUT2D eigenvalue weighted by Crippen LogP contribution is 2.19. The minimum absolute atomic E-state index is 0.0816. The van der Waals surface area contributed by atoms with Crippen molar-refractivity contribution in [1.29, 1.82) is 0 Å². The van der Waals surface area contributed by atoms with E-state index in [0.717, 1.165) is 29.2 Å². The Bertz CT molecular complexity index is 851. The van der Waals surface area contributed by atoms with E-state index in [1.54, 1.807) is 11.8 Å². The fraction of sp³-hybridized carbons (Fsp3) is 0.400. The van der Waals surface area contributed by atoms with Gasteiger partial charge in [-0.25, -0.2) is 9.97 Å². The summed E-state index contributed by atoms with van der Waals surface area (Å²) in [5.41, 5.74) is 1.75. The first kappa shape index (κ1) is 23.5. The smallest absolute Gasteiger partial charge is 0.272 e. The predicted molar refractivity (Wildman–Crippen MR) is 122 cm³/mol. The van der Waals surface area contributed by atoms with Crippen LogP contribution in [0.25, 0.3) is 0 Å². The van der Waals surface area contributed by atoms with Gasteiger partial charge in [0.05, 0.1) is 11.2 Å². The van der Waals surface area contributed by atoms with Crippen molar-refractivity contribution in [3.8, 4) is 0 Å². The summed E-state index contributed by atoms with van der Waals surface area (Å²) in [6, 6.07) is 6.81. The Kier molecular flexibility index (Phi) is 9.76. The van der Waals surface area contributed by atoms with Gasteiger partial charge in [0.1, 0.15) is 6.04 Å². The third kappa shape index (κ3) is 7.21. The number of aromatic nitrogens is 2. The number of para-hydroxylation sites is 1. The standard InChI is InChI=1S/C20H25ClN4O2S2/c1-4-10-29-20-22-12-14(21)17(25-20)19(27)24-16(9-11-28-3)18(26)23-15-8-6-5-7-13(15)2/h5-8,12,16H,4,9-11H2,1-3H3,(H,23,26)(H,24,27)/t16-/m1/s1. The molecule has 0 radical (unpaired) electrons. The number of amides is 2. The fourth-order valence-electron chi connectivity index (χ4n) is 2.44. The zero-order valence-electron chi connectivity index (χ0n) is 16.7. The molecule has 0 spiro atoms. The van der Waals surface area contributed by atoms with E-state index in [1.807, 2.05) is 37.4 Å². The van der Waals surface area contributed by atoms with Crippen LogP contribution in [0, 0.1) is 6.92 Å². The molecule has 156 valence electrons. The molecular formula is C20H25ClN4O2S2. The molecule has 1 aromatic heterocycles. The van der Waals surface area contributed by atoms with Crippen molar-refractivity contribution in [2.45, 2.75) is 37.9 Å². The maximum Gasteiger partial charge on any atom is 0.272 e. The number of rotatable bonds is 10. The van der Waals surface area contributed by atoms with E-state index in [9.17, 15) is 9.59 Å². The quantitative estimate of drug-likeness (QED) is 0.409. The number of hydrogen-bond acceptors (Lipinski definition) is 6. The molecule has 0 bridgehead atoms. The topological polar surface area (TPSA) is 84.0 Å². The Morgan fingerprint density at radius 3 is 2.69 bits per heavy atom. The van der Waals surface area contributed by atoms with E-state index in [0.29, 0.717) is 11.6 Å². The summed E-state index contributed by atoms with van der Waals surface area (Å²) in [7, 11) is 0. The second-order valence-corrected chi connectivity index (χ2v) is 8.76. The molecule has 1 atom stereocenters. The molecule has 0 unspecified atom stereocenters. The monoisotopic (exact) mass is 452 g/mol. The zero-order valence-corrected chi connectivity index (χ0v) is 19.1. The maximum absolute atomic E-state index is 12.8. The molecule has 2 amide bonds. The number of carbonyl (C=O) groups excluding carboxylic acids is 2. The lowest BCUT2D eigenvalue weighted by Gasteiger charge is -2.19. The Hall–Kier alpha value is -1.77. The van der Waals surface area contributed by atoms with Gasteiger partial charge in [0.25, 0.3) is 5.91 Å². The molecule has 9 heteroatoms. The number of benzene rings is 1. The Balaban J connectivity index is 2.15. The van der Waals surface area contributed by atoms with Gasteiger partial charge in [-0.05, 0) is 43.4 Å². The summed E-state index contributed by atoms with van der Waals surface area (Å²) >= 11 is 9.21. The van der Waals surface area contributed by atoms with Crippen LogP contribution in [0.1, 0.15) is 35.8 Å². The largest absolute Gasteiger partial charge is 0.339 e. The Morgan fingerprint density at radius 1 is 1.24 bits per heavy atom. The van der Waals surface area contributed by atoms with Gasteiger partial charge in [0.2, 0.25) is 5.91 Å². The number of hydrogen-bond donors (Lipinski definition) is 2. The first-order chi connectivity index (χ1) is 14.0. The second kappa shape index (κ2) is 12.0. The van der Waals surface area contributed by atoms with Gasteiger partial charge < -0.3 is 10.6 Å². The van der Waals surface area contributed by atoms with Crippen LogP contribution in [0.2, 0.25) is 5.02 Å². The SMILES string of the molecule is CCCSc1ncc(Cl)c(C(=O)N[C@H](CCSC)C(=O)Nc2ccccc2C)n1. The highest BCUT2D eigenvalue weighted by molar-refractivity contribution is 7.99. The van der Waals surface area contributed by atoms with E-state index < -0.39 is 11.9 Å². The third-order valence-electron chi connectivity index (χ3n) is 4.01. The minimum atomic E-state index is -0.702. The van der Waals surface area contributed by atoms with Crippen LogP contribution in [0.5, 0.6) is 0 Å². The van der Waals surface area contributed by atoms with Gasteiger partial charge >= 0.3 is 0 Å². The number of aryl methyl sites for hydroxylation is 1. The lowest BCUT2D eigenvalue weighted by Crippen LogP contribution is -2.44. The van der Waals surface area contributed by atoms with Crippen LogP contribution < -0.4 is 10.6 Å². The van der Waals surface area contributed by atoms with Crippen molar-refractivity contribution >= 4 is 52.6 Å². The highest BCUT2D eigenvalue weighted by atomic mass is 35.5. The number of carbonyl (C=O) groups is 2. The summed E-state index contributed by atoms with van der Waals surface area (Å²) < 4.78 is 0. The molecule has 0 aliphatic heterocycles. The fourth-order valence-corrected chi connectivity index (χ4v) is 3.76. The summed E-state index contributed by atoms with van der Waals surface area (Å²) in [6.07, 6.45) is 4.83. The summed E-state index contributed by atoms with van der Waals surface area (Å²) in [5, 5.41) is 6.33. The molecule has 2 aromatic rings. The van der Waals surface area contributed by atoms with Gasteiger partial charge in [-0.15, -0.1) is 0 Å². The van der Waals surface area contributed by atoms with Crippen molar-refractivity contribution in [3.63, 3.8) is 0 Å². The van der Waals surface area contributed by atoms with Crippen LogP contribution in [0.4, 0.5) is 5.69 Å². The molecule has 0 aliphatic carbocycles. The van der Waals surface area contributed by atoms with Crippen molar-refractivity contribution in [2.24, 2.45) is 0 Å². The molecule has 2 N–H and O–H groups in total. The zero-order chi connectivity index (χ0) is 21.2. The van der Waals surface area contributed by atoms with E-state index in [4.69, 9.17) is 11.6 Å². The van der Waals surface area contributed by atoms with Crippen LogP contribution in [-0.2, 0) is 4.79 Å². The number of halogens is 1. The van der Waals surface area contributed by atoms with Crippen LogP contribution in [-0.4, -0.2) is 45.6 Å². The number of anilines is 1. The summed E-state index contributed by atoms with van der Waals surface area (Å²) in [5.74, 6) is 0.813. The molecule has 0 saturated heterocycles. The van der Waals surface area contributed by atoms with E-state index in [1.165, 1.54) is 18.0 Å². The van der Waals surface area contributed by atoms with Crippen LogP contribution in [0.15, 0.2) is 35.6 Å². The van der Waals surface area contributed by atoms with Crippen LogP contribution in [0.3, 0.4) is 0 Å². The number of nitrogens with one attached hydrogen (secondary N) is 2. The second-order valence-electron chi connectivity index (χ2n) is 6.31. The lowest BCUT2D eigenvalue weighted by atomic mass is 10.1. The third-order valence-corrected chi connectivity index (χ3v) is 6.00. The molecule has 0 fully saturated rings. The van der Waals surface area contributed by atoms with E-state index >= 15 is 0 Å². The predicted octanol–water partition coefficient (Wildman–Crippen LogP) is 4.43. The molecular weight excluding hydrogens is 428 g/mol. The lowest BCUT2D eigenvalue weighted by molar-refractivity contribution is -0.118. The molecule has 1 heterocycles. The van der Waals surface area contributed by atoms with Gasteiger partial charge in [0.15, 0.2) is 10.9 Å². The van der Waals surface area contributed by atoms with Gasteiger partial charge in [-0.2, -0.15) is 11.8 Å². The summed E-state index contributed by atoms with van der Waals surface area (Å²) in [6.45, 7) is 3.97. The average molecular weight is 453 g/mol. The minimum Gasteiger partial charge on any atom is -0.339 e. The van der Waals surface area contributed by atoms with E-state index in [-0.39, 0.29) is 16.6 Å². The number of thioether (sulfide) groups is 2. The van der Waals surface area contributed by atoms with Crippen molar-refractivity contribution < 1.29 is 9.59 Å². The molecule has 2 rings (SSSR count). The maximum atomic E-state index is 12.8. The average Bonchev–Trinajstić information content (AvgIpc) is 2.71. The first-order valence-corrected chi connectivity index (χ1v) is 12.0.